The normalized spacial score (nSPS) is 23.6. The molecule has 0 saturated heterocycles. The fourth-order valence-electron chi connectivity index (χ4n) is 4.26. The van der Waals surface area contributed by atoms with Crippen molar-refractivity contribution in [1.29, 1.82) is 0 Å². The van der Waals surface area contributed by atoms with Gasteiger partial charge in [0.2, 0.25) is 5.91 Å². The van der Waals surface area contributed by atoms with E-state index >= 15 is 0 Å². The zero-order valence-electron chi connectivity index (χ0n) is 18.9. The molecule has 0 bridgehead atoms. The highest BCUT2D eigenvalue weighted by molar-refractivity contribution is 6.00. The molecule has 0 saturated carbocycles. The number of aryl methyl sites for hydroxylation is 2. The second-order valence-corrected chi connectivity index (χ2v) is 8.09. The topological polar surface area (TPSA) is 95.3 Å². The molecule has 0 spiro atoms. The van der Waals surface area contributed by atoms with E-state index in [0.717, 1.165) is 28.8 Å². The second kappa shape index (κ2) is 9.10. The minimum absolute atomic E-state index is 0.0317. The van der Waals surface area contributed by atoms with Crippen molar-refractivity contribution in [3.05, 3.63) is 62.1 Å². The standard InChI is InChI=1S/C23H33N3O4/c1-7-11-20-19(10-4)23(5,12-13-26(20,6)30)22(27)24-21-16(8-2)14-18(25(28)29)15-17(21)9-3/h12-15H,7-11H2,1-6H3,(H,24,27). The van der Waals surface area contributed by atoms with Crippen LogP contribution in [0.2, 0.25) is 0 Å². The molecule has 1 aromatic rings. The number of hydroxylamine groups is 3. The Morgan fingerprint density at radius 2 is 1.70 bits per heavy atom. The number of allylic oxidation sites excluding steroid dienone is 1. The van der Waals surface area contributed by atoms with Crippen molar-refractivity contribution in [3.8, 4) is 0 Å². The molecule has 2 unspecified atom stereocenters. The molecule has 30 heavy (non-hydrogen) atoms. The Kier molecular flexibility index (Phi) is 7.21. The molecule has 1 amide bonds. The summed E-state index contributed by atoms with van der Waals surface area (Å²) in [7, 11) is 1.59. The van der Waals surface area contributed by atoms with Crippen LogP contribution in [0.5, 0.6) is 0 Å². The van der Waals surface area contributed by atoms with Gasteiger partial charge in [0, 0.05) is 29.8 Å². The van der Waals surface area contributed by atoms with Crippen LogP contribution < -0.4 is 5.32 Å². The Morgan fingerprint density at radius 1 is 1.13 bits per heavy atom. The van der Waals surface area contributed by atoms with Gasteiger partial charge in [-0.3, -0.25) is 14.9 Å². The molecular formula is C23H33N3O4. The fraction of sp³-hybridized carbons (Fsp3) is 0.522. The molecule has 2 atom stereocenters. The highest BCUT2D eigenvalue weighted by Crippen LogP contribution is 2.43. The Balaban J connectivity index is 2.55. The maximum Gasteiger partial charge on any atom is 0.270 e. The van der Waals surface area contributed by atoms with Crippen molar-refractivity contribution in [1.82, 2.24) is 0 Å². The zero-order chi connectivity index (χ0) is 22.7. The third-order valence-corrected chi connectivity index (χ3v) is 6.01. The number of nitro benzene ring substituents is 1. The number of nitrogens with zero attached hydrogens (tertiary/aromatic N) is 2. The number of amides is 1. The number of nitrogens with one attached hydrogen (secondary N) is 1. The first-order valence-electron chi connectivity index (χ1n) is 10.7. The van der Waals surface area contributed by atoms with Crippen molar-refractivity contribution in [2.24, 2.45) is 5.41 Å². The van der Waals surface area contributed by atoms with Crippen molar-refractivity contribution < 1.29 is 14.4 Å². The van der Waals surface area contributed by atoms with E-state index in [1.54, 1.807) is 19.3 Å². The molecule has 2 rings (SSSR count). The Labute approximate surface area is 178 Å². The summed E-state index contributed by atoms with van der Waals surface area (Å²) >= 11 is 0. The highest BCUT2D eigenvalue weighted by atomic mass is 16.6. The first-order valence-corrected chi connectivity index (χ1v) is 10.7. The number of carbonyl (C=O) groups excluding carboxylic acids is 1. The summed E-state index contributed by atoms with van der Waals surface area (Å²) in [6.07, 6.45) is 6.42. The van der Waals surface area contributed by atoms with E-state index in [9.17, 15) is 20.1 Å². The number of hydrogen-bond acceptors (Lipinski definition) is 4. The first-order chi connectivity index (χ1) is 14.0. The lowest BCUT2D eigenvalue weighted by molar-refractivity contribution is -0.770. The zero-order valence-corrected chi connectivity index (χ0v) is 18.9. The lowest BCUT2D eigenvalue weighted by Gasteiger charge is -2.44. The molecule has 0 fully saturated rings. The monoisotopic (exact) mass is 415 g/mol. The van der Waals surface area contributed by atoms with Crippen LogP contribution in [0.25, 0.3) is 0 Å². The largest absolute Gasteiger partial charge is 0.623 e. The summed E-state index contributed by atoms with van der Waals surface area (Å²) in [4.78, 5) is 24.4. The quantitative estimate of drug-likeness (QED) is 0.259. The van der Waals surface area contributed by atoms with Gasteiger partial charge in [0.15, 0.2) is 0 Å². The van der Waals surface area contributed by atoms with Gasteiger partial charge in [-0.1, -0.05) is 27.7 Å². The van der Waals surface area contributed by atoms with Crippen LogP contribution in [0.1, 0.15) is 65.0 Å². The Morgan fingerprint density at radius 3 is 2.13 bits per heavy atom. The Bertz CT molecular complexity index is 877. The van der Waals surface area contributed by atoms with Gasteiger partial charge in [-0.05, 0) is 49.8 Å². The van der Waals surface area contributed by atoms with Crippen LogP contribution in [-0.4, -0.2) is 22.5 Å². The van der Waals surface area contributed by atoms with Gasteiger partial charge in [-0.25, -0.2) is 0 Å². The molecule has 0 radical (unpaired) electrons. The van der Waals surface area contributed by atoms with Crippen LogP contribution in [0, 0.1) is 20.7 Å². The summed E-state index contributed by atoms with van der Waals surface area (Å²) in [6, 6.07) is 3.05. The number of nitro groups is 1. The van der Waals surface area contributed by atoms with Gasteiger partial charge < -0.3 is 15.2 Å². The van der Waals surface area contributed by atoms with Crippen molar-refractivity contribution >= 4 is 17.3 Å². The van der Waals surface area contributed by atoms with E-state index in [1.165, 1.54) is 12.1 Å². The highest BCUT2D eigenvalue weighted by Gasteiger charge is 2.42. The van der Waals surface area contributed by atoms with Crippen LogP contribution in [0.4, 0.5) is 11.4 Å². The van der Waals surface area contributed by atoms with Crippen LogP contribution in [0.15, 0.2) is 35.7 Å². The number of carbonyl (C=O) groups is 1. The lowest BCUT2D eigenvalue weighted by Crippen LogP contribution is -2.43. The van der Waals surface area contributed by atoms with E-state index in [0.29, 0.717) is 31.4 Å². The molecule has 1 heterocycles. The predicted octanol–water partition coefficient (Wildman–Crippen LogP) is 5.60. The average Bonchev–Trinajstić information content (AvgIpc) is 2.71. The third kappa shape index (κ3) is 4.32. The van der Waals surface area contributed by atoms with Gasteiger partial charge >= 0.3 is 0 Å². The number of rotatable bonds is 8. The van der Waals surface area contributed by atoms with Crippen molar-refractivity contribution in [3.63, 3.8) is 0 Å². The lowest BCUT2D eigenvalue weighted by atomic mass is 9.75. The number of non-ortho nitro benzene ring substituents is 1. The van der Waals surface area contributed by atoms with E-state index in [4.69, 9.17) is 0 Å². The number of benzene rings is 1. The molecule has 7 heteroatoms. The summed E-state index contributed by atoms with van der Waals surface area (Å²) in [5.74, 6) is -0.220. The molecular weight excluding hydrogens is 382 g/mol. The molecule has 1 aromatic carbocycles. The van der Waals surface area contributed by atoms with Crippen molar-refractivity contribution in [2.75, 3.05) is 12.4 Å². The third-order valence-electron chi connectivity index (χ3n) is 6.01. The summed E-state index contributed by atoms with van der Waals surface area (Å²) < 4.78 is -0.585. The molecule has 0 aliphatic carbocycles. The van der Waals surface area contributed by atoms with Gasteiger partial charge in [0.1, 0.15) is 5.70 Å². The minimum Gasteiger partial charge on any atom is -0.623 e. The van der Waals surface area contributed by atoms with Crippen LogP contribution in [0.3, 0.4) is 0 Å². The van der Waals surface area contributed by atoms with Gasteiger partial charge in [-0.2, -0.15) is 0 Å². The number of hydrogen-bond donors (Lipinski definition) is 1. The molecule has 1 aliphatic rings. The Hall–Kier alpha value is -2.51. The minimum atomic E-state index is -0.945. The van der Waals surface area contributed by atoms with E-state index in [2.05, 4.69) is 5.32 Å². The first kappa shape index (κ1) is 23.8. The molecule has 7 nitrogen and oxygen atoms in total. The van der Waals surface area contributed by atoms with E-state index < -0.39 is 15.0 Å². The van der Waals surface area contributed by atoms with E-state index in [1.807, 2.05) is 34.6 Å². The van der Waals surface area contributed by atoms with Gasteiger partial charge in [-0.15, -0.1) is 0 Å². The second-order valence-electron chi connectivity index (χ2n) is 8.09. The van der Waals surface area contributed by atoms with Crippen molar-refractivity contribution in [2.45, 2.75) is 66.7 Å². The van der Waals surface area contributed by atoms with Crippen LogP contribution in [-0.2, 0) is 17.6 Å². The number of quaternary nitrogens is 1. The SMILES string of the molecule is CCCC1=C(CC)C(C)(C(=O)Nc2c(CC)cc([N+](=O)[O-])cc2CC)C=C[N+]1(C)[O-]. The smallest absolute Gasteiger partial charge is 0.270 e. The summed E-state index contributed by atoms with van der Waals surface area (Å²) in [5.41, 5.74) is 2.78. The average molecular weight is 416 g/mol. The van der Waals surface area contributed by atoms with Gasteiger partial charge in [0.05, 0.1) is 23.6 Å². The van der Waals surface area contributed by atoms with Crippen LogP contribution >= 0.6 is 0 Å². The molecule has 1 N–H and O–H groups in total. The molecule has 164 valence electrons. The predicted molar refractivity (Wildman–Crippen MR) is 120 cm³/mol. The fourth-order valence-corrected chi connectivity index (χ4v) is 4.26. The maximum atomic E-state index is 13.5. The summed E-state index contributed by atoms with van der Waals surface area (Å²) in [5, 5.41) is 27.3. The summed E-state index contributed by atoms with van der Waals surface area (Å²) in [6.45, 7) is 9.65. The molecule has 1 aliphatic heterocycles. The molecule has 0 aromatic heterocycles. The van der Waals surface area contributed by atoms with E-state index in [-0.39, 0.29) is 11.6 Å². The number of anilines is 1. The van der Waals surface area contributed by atoms with Gasteiger partial charge in [0.25, 0.3) is 5.69 Å². The maximum absolute atomic E-state index is 13.5.